The Morgan fingerprint density at radius 1 is 0.931 bits per heavy atom. The molecule has 0 spiro atoms. The summed E-state index contributed by atoms with van der Waals surface area (Å²) in [6, 6.07) is 7.51. The monoisotopic (exact) mass is 409 g/mol. The number of carbonyl (C=O) groups excluding carboxylic acids is 1. The molecule has 0 aliphatic rings. The summed E-state index contributed by atoms with van der Waals surface area (Å²) >= 11 is 0. The van der Waals surface area contributed by atoms with Crippen LogP contribution in [-0.4, -0.2) is 17.0 Å². The number of Topliss-reactive ketones (excluding diaryl/α,β-unsaturated/α-hetero) is 1. The fraction of sp³-hybridized carbons (Fsp3) is 0.190. The van der Waals surface area contributed by atoms with E-state index in [1.54, 1.807) is 32.0 Å². The van der Waals surface area contributed by atoms with Gasteiger partial charge in [0.1, 0.15) is 5.82 Å². The lowest BCUT2D eigenvalue weighted by Crippen LogP contribution is -2.15. The van der Waals surface area contributed by atoms with Crippen molar-refractivity contribution in [1.29, 1.82) is 0 Å². The maximum atomic E-state index is 13.7. The molecule has 8 heteroatoms. The van der Waals surface area contributed by atoms with Crippen LogP contribution in [0.4, 0.5) is 22.0 Å². The maximum absolute atomic E-state index is 13.7. The van der Waals surface area contributed by atoms with E-state index >= 15 is 0 Å². The van der Waals surface area contributed by atoms with Crippen molar-refractivity contribution in [3.05, 3.63) is 88.0 Å². The third-order valence-electron chi connectivity index (χ3n) is 4.55. The summed E-state index contributed by atoms with van der Waals surface area (Å²) in [6.07, 6.45) is 0. The highest BCUT2D eigenvalue weighted by atomic mass is 19.2. The van der Waals surface area contributed by atoms with Crippen LogP contribution in [0.15, 0.2) is 36.4 Å². The van der Waals surface area contributed by atoms with E-state index in [1.165, 1.54) is 12.1 Å². The minimum atomic E-state index is -1.71. The lowest BCUT2D eigenvalue weighted by molar-refractivity contribution is 0.0913. The molecule has 1 heterocycles. The smallest absolute Gasteiger partial charge is 0.203 e. The minimum Gasteiger partial charge on any atom is -0.479 e. The number of halogens is 5. The van der Waals surface area contributed by atoms with Crippen molar-refractivity contribution in [2.75, 3.05) is 6.61 Å². The number of aromatic nitrogens is 1. The molecule has 3 rings (SSSR count). The molecule has 0 N–H and O–H groups in total. The summed E-state index contributed by atoms with van der Waals surface area (Å²) in [5.74, 6) is -8.93. The summed E-state index contributed by atoms with van der Waals surface area (Å²) < 4.78 is 73.4. The number of nitrogens with zero attached hydrogens (tertiary/aromatic N) is 1. The van der Waals surface area contributed by atoms with Crippen LogP contribution >= 0.6 is 0 Å². The van der Waals surface area contributed by atoms with Crippen molar-refractivity contribution in [3.63, 3.8) is 0 Å². The first-order chi connectivity index (χ1) is 13.7. The zero-order valence-electron chi connectivity index (χ0n) is 15.5. The van der Waals surface area contributed by atoms with E-state index in [9.17, 15) is 26.7 Å². The molecule has 0 bridgehead atoms. The number of ketones is 1. The first-order valence-corrected chi connectivity index (χ1v) is 8.59. The van der Waals surface area contributed by atoms with Gasteiger partial charge in [-0.3, -0.25) is 4.79 Å². The van der Waals surface area contributed by atoms with Crippen LogP contribution in [0.2, 0.25) is 0 Å². The summed E-state index contributed by atoms with van der Waals surface area (Å²) in [5.41, 5.74) is 2.33. The molecule has 0 saturated heterocycles. The number of hydrogen-bond acceptors (Lipinski definition) is 2. The van der Waals surface area contributed by atoms with E-state index in [0.717, 1.165) is 11.3 Å². The van der Waals surface area contributed by atoms with Crippen LogP contribution in [0.3, 0.4) is 0 Å². The highest BCUT2D eigenvalue weighted by Crippen LogP contribution is 2.27. The lowest BCUT2D eigenvalue weighted by Gasteiger charge is -2.11. The second-order valence-electron chi connectivity index (χ2n) is 6.51. The Morgan fingerprint density at radius 2 is 1.52 bits per heavy atom. The molecule has 0 aliphatic heterocycles. The average molecular weight is 409 g/mol. The van der Waals surface area contributed by atoms with E-state index in [-0.39, 0.29) is 17.4 Å². The quantitative estimate of drug-likeness (QED) is 0.322. The maximum Gasteiger partial charge on any atom is 0.203 e. The molecule has 0 amide bonds. The normalized spacial score (nSPS) is 11.0. The summed E-state index contributed by atoms with van der Waals surface area (Å²) in [7, 11) is 0. The van der Waals surface area contributed by atoms with Crippen molar-refractivity contribution < 1.29 is 31.5 Å². The topological polar surface area (TPSA) is 31.2 Å². The van der Waals surface area contributed by atoms with Gasteiger partial charge in [0.05, 0.1) is 0 Å². The van der Waals surface area contributed by atoms with Gasteiger partial charge in [0.15, 0.2) is 24.0 Å². The van der Waals surface area contributed by atoms with Crippen LogP contribution in [0, 0.1) is 42.9 Å². The van der Waals surface area contributed by atoms with Gasteiger partial charge >= 0.3 is 0 Å². The first-order valence-electron chi connectivity index (χ1n) is 8.59. The van der Waals surface area contributed by atoms with Gasteiger partial charge in [-0.1, -0.05) is 12.1 Å². The second-order valence-corrected chi connectivity index (χ2v) is 6.51. The summed E-state index contributed by atoms with van der Waals surface area (Å²) in [4.78, 5) is 12.5. The molecule has 3 nitrogen and oxygen atoms in total. The molecule has 1 aromatic heterocycles. The number of carbonyl (C=O) groups is 1. The second kappa shape index (κ2) is 8.06. The van der Waals surface area contributed by atoms with Gasteiger partial charge in [0, 0.05) is 29.6 Å². The predicted molar refractivity (Wildman–Crippen MR) is 95.5 cm³/mol. The van der Waals surface area contributed by atoms with Gasteiger partial charge < -0.3 is 9.30 Å². The van der Waals surface area contributed by atoms with Crippen molar-refractivity contribution in [2.45, 2.75) is 20.4 Å². The number of aryl methyl sites for hydroxylation is 1. The van der Waals surface area contributed by atoms with Gasteiger partial charge in [-0.2, -0.15) is 8.78 Å². The molecule has 0 atom stereocenters. The van der Waals surface area contributed by atoms with Crippen LogP contribution in [0.25, 0.3) is 0 Å². The molecular formula is C21H16F5NO2. The molecule has 29 heavy (non-hydrogen) atoms. The van der Waals surface area contributed by atoms with E-state index in [0.29, 0.717) is 12.2 Å². The fourth-order valence-electron chi connectivity index (χ4n) is 2.99. The predicted octanol–water partition coefficient (Wildman–Crippen LogP) is 5.11. The van der Waals surface area contributed by atoms with Crippen molar-refractivity contribution in [2.24, 2.45) is 0 Å². The number of ether oxygens (including phenoxy) is 1. The van der Waals surface area contributed by atoms with Crippen LogP contribution in [0.1, 0.15) is 27.3 Å². The van der Waals surface area contributed by atoms with Gasteiger partial charge in [0.2, 0.25) is 17.4 Å². The van der Waals surface area contributed by atoms with Crippen LogP contribution < -0.4 is 4.74 Å². The van der Waals surface area contributed by atoms with Crippen molar-refractivity contribution >= 4 is 5.78 Å². The molecule has 0 radical (unpaired) electrons. The van der Waals surface area contributed by atoms with E-state index in [2.05, 4.69) is 0 Å². The van der Waals surface area contributed by atoms with Crippen molar-refractivity contribution in [1.82, 2.24) is 4.57 Å². The Hall–Kier alpha value is -3.16. The summed E-state index contributed by atoms with van der Waals surface area (Å²) in [6.45, 7) is 3.00. The molecule has 0 unspecified atom stereocenters. The molecule has 0 aliphatic carbocycles. The Labute approximate surface area is 163 Å². The highest BCUT2D eigenvalue weighted by Gasteiger charge is 2.23. The number of benzene rings is 2. The minimum absolute atomic E-state index is 0.0580. The SMILES string of the molecule is Cc1cc(C(=O)COc2c(F)c(F)cc(F)c2F)c(C)n1Cc1ccc(F)cc1. The average Bonchev–Trinajstić information content (AvgIpc) is 2.96. The Balaban J connectivity index is 1.80. The fourth-order valence-corrected chi connectivity index (χ4v) is 2.99. The third-order valence-corrected chi connectivity index (χ3v) is 4.55. The van der Waals surface area contributed by atoms with Gasteiger partial charge in [-0.05, 0) is 37.6 Å². The van der Waals surface area contributed by atoms with Crippen LogP contribution in [0.5, 0.6) is 5.75 Å². The largest absolute Gasteiger partial charge is 0.479 e. The van der Waals surface area contributed by atoms with Gasteiger partial charge in [-0.15, -0.1) is 0 Å². The van der Waals surface area contributed by atoms with Gasteiger partial charge in [0.25, 0.3) is 0 Å². The molecular weight excluding hydrogens is 393 g/mol. The lowest BCUT2D eigenvalue weighted by atomic mass is 10.1. The standard InChI is InChI=1S/C21H16F5NO2/c1-11-7-15(12(2)27(11)9-13-3-5-14(22)6-4-13)18(28)10-29-21-19(25)16(23)8-17(24)20(21)26/h3-8H,9-10H2,1-2H3. The first kappa shape index (κ1) is 20.6. The Kier molecular flexibility index (Phi) is 5.72. The Bertz CT molecular complexity index is 1050. The molecule has 2 aromatic carbocycles. The third kappa shape index (κ3) is 4.16. The molecule has 3 aromatic rings. The molecule has 0 saturated carbocycles. The van der Waals surface area contributed by atoms with E-state index in [4.69, 9.17) is 4.74 Å². The molecule has 0 fully saturated rings. The Morgan fingerprint density at radius 3 is 2.10 bits per heavy atom. The zero-order chi connectivity index (χ0) is 21.3. The van der Waals surface area contributed by atoms with Crippen LogP contribution in [-0.2, 0) is 6.54 Å². The molecule has 152 valence electrons. The number of hydrogen-bond donors (Lipinski definition) is 0. The van der Waals surface area contributed by atoms with E-state index < -0.39 is 41.4 Å². The van der Waals surface area contributed by atoms with Gasteiger partial charge in [-0.25, -0.2) is 13.2 Å². The number of rotatable bonds is 6. The zero-order valence-corrected chi connectivity index (χ0v) is 15.5. The van der Waals surface area contributed by atoms with Crippen molar-refractivity contribution in [3.8, 4) is 5.75 Å². The highest BCUT2D eigenvalue weighted by molar-refractivity contribution is 5.98. The summed E-state index contributed by atoms with van der Waals surface area (Å²) in [5, 5.41) is 0. The van der Waals surface area contributed by atoms with E-state index in [1.807, 2.05) is 4.57 Å².